The summed E-state index contributed by atoms with van der Waals surface area (Å²) >= 11 is 6.06. The Morgan fingerprint density at radius 2 is 2.36 bits per heavy atom. The highest BCUT2D eigenvalue weighted by Gasteiger charge is 2.52. The molecule has 0 unspecified atom stereocenters. The number of benzene rings is 1. The number of hydrogen-bond acceptors (Lipinski definition) is 4. The summed E-state index contributed by atoms with van der Waals surface area (Å²) in [5.41, 5.74) is 2.20. The van der Waals surface area contributed by atoms with Gasteiger partial charge in [-0.15, -0.1) is 11.6 Å². The van der Waals surface area contributed by atoms with Crippen molar-refractivity contribution < 1.29 is 14.3 Å². The number of carbonyl (C=O) groups is 1. The fraction of sp³-hybridized carbons (Fsp3) is 0.500. The van der Waals surface area contributed by atoms with E-state index in [0.29, 0.717) is 17.4 Å². The minimum atomic E-state index is -0.346. The molecule has 0 spiro atoms. The average molecular weight is 321 g/mol. The van der Waals surface area contributed by atoms with Crippen LogP contribution in [0.1, 0.15) is 29.0 Å². The van der Waals surface area contributed by atoms with Crippen LogP contribution in [0.3, 0.4) is 0 Å². The summed E-state index contributed by atoms with van der Waals surface area (Å²) in [5, 5.41) is 0. The Morgan fingerprint density at radius 1 is 1.55 bits per heavy atom. The largest absolute Gasteiger partial charge is 0.465 e. The number of imidazole rings is 1. The summed E-state index contributed by atoms with van der Waals surface area (Å²) in [6.07, 6.45) is 2.20. The molecule has 6 heteroatoms. The highest BCUT2D eigenvalue weighted by atomic mass is 35.5. The number of nitrogens with zero attached hydrogens (tertiary/aromatic N) is 2. The van der Waals surface area contributed by atoms with Crippen LogP contribution in [0.2, 0.25) is 0 Å². The fourth-order valence-electron chi connectivity index (χ4n) is 3.68. The molecule has 5 rings (SSSR count). The molecule has 2 aromatic rings. The number of methoxy groups -OCH3 is 1. The lowest BCUT2D eigenvalue weighted by molar-refractivity contribution is -0.0131. The molecule has 3 fully saturated rings. The summed E-state index contributed by atoms with van der Waals surface area (Å²) in [5.74, 6) is 1.51. The molecular weight excluding hydrogens is 304 g/mol. The minimum absolute atomic E-state index is 0.0691. The molecule has 2 saturated heterocycles. The Morgan fingerprint density at radius 3 is 3.00 bits per heavy atom. The molecule has 0 atom stereocenters. The second kappa shape index (κ2) is 4.96. The van der Waals surface area contributed by atoms with Crippen LogP contribution in [0.4, 0.5) is 0 Å². The summed E-state index contributed by atoms with van der Waals surface area (Å²) in [7, 11) is 1.38. The van der Waals surface area contributed by atoms with Crippen LogP contribution in [0.5, 0.6) is 0 Å². The third-order valence-electron chi connectivity index (χ3n) is 4.76. The van der Waals surface area contributed by atoms with E-state index in [1.54, 1.807) is 6.07 Å². The van der Waals surface area contributed by atoms with E-state index in [-0.39, 0.29) is 11.6 Å². The molecule has 22 heavy (non-hydrogen) atoms. The van der Waals surface area contributed by atoms with Crippen LogP contribution >= 0.6 is 11.6 Å². The molecule has 5 nitrogen and oxygen atoms in total. The number of alkyl halides is 1. The number of carbonyl (C=O) groups excluding carboxylic acids is 1. The lowest BCUT2D eigenvalue weighted by Gasteiger charge is -2.36. The maximum Gasteiger partial charge on any atom is 0.337 e. The van der Waals surface area contributed by atoms with Gasteiger partial charge in [0.25, 0.3) is 0 Å². The van der Waals surface area contributed by atoms with Crippen molar-refractivity contribution in [1.29, 1.82) is 0 Å². The van der Waals surface area contributed by atoms with Crippen molar-refractivity contribution in [2.75, 3.05) is 13.7 Å². The van der Waals surface area contributed by atoms with Gasteiger partial charge in [0, 0.05) is 0 Å². The Bertz CT molecular complexity index is 744. The van der Waals surface area contributed by atoms with E-state index in [9.17, 15) is 4.79 Å². The van der Waals surface area contributed by atoms with Gasteiger partial charge in [0.05, 0.1) is 48.3 Å². The lowest BCUT2D eigenvalue weighted by atomic mass is 9.74. The van der Waals surface area contributed by atoms with Crippen LogP contribution in [-0.2, 0) is 21.9 Å². The number of halogens is 1. The van der Waals surface area contributed by atoms with E-state index < -0.39 is 0 Å². The standard InChI is InChI=1S/C16H17ClN2O3/c1-21-15(20)11-2-3-12-13(4-11)19(14(7-17)18-12)9-16-5-10(6-16)8-22-16/h2-4,10H,5-9H2,1H3. The maximum absolute atomic E-state index is 11.8. The van der Waals surface area contributed by atoms with Crippen LogP contribution in [0.15, 0.2) is 18.2 Å². The van der Waals surface area contributed by atoms with Gasteiger partial charge in [-0.05, 0) is 37.0 Å². The van der Waals surface area contributed by atoms with Gasteiger partial charge in [-0.25, -0.2) is 9.78 Å². The molecule has 1 aliphatic carbocycles. The molecule has 0 radical (unpaired) electrons. The van der Waals surface area contributed by atoms with Gasteiger partial charge < -0.3 is 14.0 Å². The van der Waals surface area contributed by atoms with Crippen molar-refractivity contribution in [2.45, 2.75) is 30.9 Å². The van der Waals surface area contributed by atoms with Gasteiger partial charge >= 0.3 is 5.97 Å². The lowest BCUT2D eigenvalue weighted by Crippen LogP contribution is -2.41. The van der Waals surface area contributed by atoms with E-state index >= 15 is 0 Å². The fourth-order valence-corrected chi connectivity index (χ4v) is 3.89. The Hall–Kier alpha value is -1.59. The van der Waals surface area contributed by atoms with E-state index in [2.05, 4.69) is 9.55 Å². The second-order valence-electron chi connectivity index (χ2n) is 6.21. The molecule has 3 aliphatic rings. The van der Waals surface area contributed by atoms with E-state index in [0.717, 1.165) is 42.9 Å². The number of ether oxygens (including phenoxy) is 2. The van der Waals surface area contributed by atoms with Gasteiger partial charge in [-0.2, -0.15) is 0 Å². The molecule has 3 heterocycles. The molecular formula is C16H17ClN2O3. The highest BCUT2D eigenvalue weighted by molar-refractivity contribution is 6.16. The number of aromatic nitrogens is 2. The van der Waals surface area contributed by atoms with E-state index in [1.165, 1.54) is 7.11 Å². The first-order chi connectivity index (χ1) is 10.6. The number of hydrogen-bond donors (Lipinski definition) is 0. The quantitative estimate of drug-likeness (QED) is 0.642. The van der Waals surface area contributed by atoms with Crippen LogP contribution in [0.25, 0.3) is 11.0 Å². The topological polar surface area (TPSA) is 53.3 Å². The minimum Gasteiger partial charge on any atom is -0.465 e. The Labute approximate surface area is 133 Å². The Balaban J connectivity index is 1.78. The van der Waals surface area contributed by atoms with Gasteiger partial charge in [0.1, 0.15) is 5.82 Å². The van der Waals surface area contributed by atoms with Crippen LogP contribution in [0, 0.1) is 5.92 Å². The smallest absolute Gasteiger partial charge is 0.337 e. The monoisotopic (exact) mass is 320 g/mol. The third kappa shape index (κ3) is 2.03. The first-order valence-corrected chi connectivity index (χ1v) is 7.95. The summed E-state index contributed by atoms with van der Waals surface area (Å²) < 4.78 is 12.8. The third-order valence-corrected chi connectivity index (χ3v) is 5.00. The predicted molar refractivity (Wildman–Crippen MR) is 82.0 cm³/mol. The zero-order chi connectivity index (χ0) is 15.3. The molecule has 0 N–H and O–H groups in total. The van der Waals surface area contributed by atoms with Gasteiger partial charge in [0.2, 0.25) is 0 Å². The second-order valence-corrected chi connectivity index (χ2v) is 6.48. The Kier molecular flexibility index (Phi) is 3.16. The first kappa shape index (κ1) is 14.0. The number of fused-ring (bicyclic) bond motifs is 2. The van der Waals surface area contributed by atoms with Gasteiger partial charge in [0.15, 0.2) is 0 Å². The van der Waals surface area contributed by atoms with Crippen molar-refractivity contribution >= 4 is 28.6 Å². The van der Waals surface area contributed by atoms with Crippen molar-refractivity contribution in [2.24, 2.45) is 5.92 Å². The zero-order valence-corrected chi connectivity index (χ0v) is 13.1. The van der Waals surface area contributed by atoms with E-state index in [1.807, 2.05) is 12.1 Å². The van der Waals surface area contributed by atoms with Gasteiger partial charge in [-0.3, -0.25) is 0 Å². The SMILES string of the molecule is COC(=O)c1ccc2nc(CCl)n(CC34CC(CO3)C4)c2c1. The molecule has 1 aromatic heterocycles. The van der Waals surface area contributed by atoms with Crippen molar-refractivity contribution in [1.82, 2.24) is 9.55 Å². The average Bonchev–Trinajstić information content (AvgIpc) is 3.19. The molecule has 1 aromatic carbocycles. The van der Waals surface area contributed by atoms with Crippen molar-refractivity contribution in [3.63, 3.8) is 0 Å². The summed E-state index contributed by atoms with van der Waals surface area (Å²) in [6.45, 7) is 1.60. The summed E-state index contributed by atoms with van der Waals surface area (Å²) in [4.78, 5) is 16.3. The molecule has 2 bridgehead atoms. The van der Waals surface area contributed by atoms with Crippen molar-refractivity contribution in [3.8, 4) is 0 Å². The van der Waals surface area contributed by atoms with Crippen molar-refractivity contribution in [3.05, 3.63) is 29.6 Å². The van der Waals surface area contributed by atoms with Crippen LogP contribution < -0.4 is 0 Å². The normalized spacial score (nSPS) is 26.2. The zero-order valence-electron chi connectivity index (χ0n) is 12.3. The summed E-state index contributed by atoms with van der Waals surface area (Å²) in [6, 6.07) is 5.39. The number of esters is 1. The molecule has 2 aliphatic heterocycles. The van der Waals surface area contributed by atoms with Gasteiger partial charge in [-0.1, -0.05) is 0 Å². The van der Waals surface area contributed by atoms with E-state index in [4.69, 9.17) is 21.1 Å². The molecule has 116 valence electrons. The predicted octanol–water partition coefficient (Wildman–Crippen LogP) is 2.74. The number of rotatable bonds is 4. The molecule has 1 saturated carbocycles. The molecule has 0 amide bonds. The van der Waals surface area contributed by atoms with Crippen LogP contribution in [-0.4, -0.2) is 34.8 Å². The highest BCUT2D eigenvalue weighted by Crippen LogP contribution is 2.49. The maximum atomic E-state index is 11.8. The first-order valence-electron chi connectivity index (χ1n) is 7.41.